The molecule has 2 aromatic heterocycles. The van der Waals surface area contributed by atoms with E-state index >= 15 is 0 Å². The molecule has 0 unspecified atom stereocenters. The molecular formula is C13H11N3S. The maximum Gasteiger partial charge on any atom is 0.0992 e. The molecule has 0 spiro atoms. The number of rotatable bonds is 3. The van der Waals surface area contributed by atoms with Gasteiger partial charge in [0, 0.05) is 29.3 Å². The molecule has 3 rings (SSSR count). The summed E-state index contributed by atoms with van der Waals surface area (Å²) in [4.78, 5) is 11.7. The van der Waals surface area contributed by atoms with Crippen molar-refractivity contribution in [2.24, 2.45) is 0 Å². The summed E-state index contributed by atoms with van der Waals surface area (Å²) >= 11 is 1.68. The van der Waals surface area contributed by atoms with Crippen molar-refractivity contribution in [3.05, 3.63) is 58.9 Å². The summed E-state index contributed by atoms with van der Waals surface area (Å²) in [5.41, 5.74) is 3.31. The third-order valence-corrected chi connectivity index (χ3v) is 3.37. The molecule has 1 aromatic carbocycles. The fourth-order valence-corrected chi connectivity index (χ4v) is 2.50. The number of imidazole rings is 1. The maximum atomic E-state index is 4.63. The molecule has 3 nitrogen and oxygen atoms in total. The number of benzene rings is 1. The average Bonchev–Trinajstić information content (AvgIpc) is 3.02. The van der Waals surface area contributed by atoms with E-state index < -0.39 is 0 Å². The Morgan fingerprint density at radius 2 is 2.06 bits per heavy atom. The van der Waals surface area contributed by atoms with E-state index in [0.29, 0.717) is 0 Å². The van der Waals surface area contributed by atoms with E-state index in [9.17, 15) is 0 Å². The van der Waals surface area contributed by atoms with Gasteiger partial charge >= 0.3 is 0 Å². The van der Waals surface area contributed by atoms with Crippen LogP contribution in [0.25, 0.3) is 11.3 Å². The average molecular weight is 241 g/mol. The van der Waals surface area contributed by atoms with Crippen LogP contribution < -0.4 is 0 Å². The first-order chi connectivity index (χ1) is 8.42. The molecule has 2 heterocycles. The van der Waals surface area contributed by atoms with E-state index in [0.717, 1.165) is 22.8 Å². The van der Waals surface area contributed by atoms with Gasteiger partial charge in [-0.3, -0.25) is 0 Å². The number of nitrogens with one attached hydrogen (secondary N) is 1. The summed E-state index contributed by atoms with van der Waals surface area (Å²) in [7, 11) is 0. The van der Waals surface area contributed by atoms with Gasteiger partial charge in [0.1, 0.15) is 0 Å². The highest BCUT2D eigenvalue weighted by molar-refractivity contribution is 7.10. The molecule has 17 heavy (non-hydrogen) atoms. The number of hydrogen-bond acceptors (Lipinski definition) is 3. The highest BCUT2D eigenvalue weighted by Crippen LogP contribution is 2.22. The van der Waals surface area contributed by atoms with Crippen LogP contribution in [-0.2, 0) is 6.42 Å². The number of hydrogen-bond donors (Lipinski definition) is 1. The minimum Gasteiger partial charge on any atom is -0.348 e. The van der Waals surface area contributed by atoms with Crippen LogP contribution in [0.1, 0.15) is 10.7 Å². The second-order valence-electron chi connectivity index (χ2n) is 3.75. The standard InChI is InChI=1S/C13H11N3S/c1-2-4-10(5-3-1)12-8-17-13(16-12)6-11-7-14-9-15-11/h1-5,7-9H,6H2,(H,14,15). The summed E-state index contributed by atoms with van der Waals surface area (Å²) in [6, 6.07) is 10.2. The van der Waals surface area contributed by atoms with Crippen LogP contribution in [0.15, 0.2) is 48.2 Å². The molecule has 3 aromatic rings. The predicted octanol–water partition coefficient (Wildman–Crippen LogP) is 3.12. The Morgan fingerprint density at radius 3 is 2.82 bits per heavy atom. The van der Waals surface area contributed by atoms with Crippen LogP contribution in [0.4, 0.5) is 0 Å². The lowest BCUT2D eigenvalue weighted by Crippen LogP contribution is -1.87. The van der Waals surface area contributed by atoms with Gasteiger partial charge in [-0.2, -0.15) is 0 Å². The predicted molar refractivity (Wildman–Crippen MR) is 68.9 cm³/mol. The van der Waals surface area contributed by atoms with Crippen molar-refractivity contribution in [2.75, 3.05) is 0 Å². The molecule has 0 atom stereocenters. The Balaban J connectivity index is 1.84. The molecule has 1 N–H and O–H groups in total. The molecular weight excluding hydrogens is 230 g/mol. The summed E-state index contributed by atoms with van der Waals surface area (Å²) in [5, 5.41) is 3.20. The molecule has 0 amide bonds. The van der Waals surface area contributed by atoms with Crippen LogP contribution in [0.5, 0.6) is 0 Å². The zero-order valence-corrected chi connectivity index (χ0v) is 9.95. The molecule has 0 fully saturated rings. The zero-order valence-electron chi connectivity index (χ0n) is 9.13. The number of aromatic amines is 1. The Morgan fingerprint density at radius 1 is 1.18 bits per heavy atom. The molecule has 0 saturated carbocycles. The summed E-state index contributed by atoms with van der Waals surface area (Å²) < 4.78 is 0. The third kappa shape index (κ3) is 2.26. The quantitative estimate of drug-likeness (QED) is 0.765. The summed E-state index contributed by atoms with van der Waals surface area (Å²) in [5.74, 6) is 0. The number of H-pyrrole nitrogens is 1. The number of nitrogens with zero attached hydrogens (tertiary/aromatic N) is 2. The van der Waals surface area contributed by atoms with Crippen molar-refractivity contribution < 1.29 is 0 Å². The smallest absolute Gasteiger partial charge is 0.0992 e. The molecule has 0 aliphatic carbocycles. The summed E-state index contributed by atoms with van der Waals surface area (Å²) in [6.45, 7) is 0. The second kappa shape index (κ2) is 4.51. The van der Waals surface area contributed by atoms with Crippen molar-refractivity contribution in [1.29, 1.82) is 0 Å². The first-order valence-electron chi connectivity index (χ1n) is 5.39. The lowest BCUT2D eigenvalue weighted by atomic mass is 10.2. The van der Waals surface area contributed by atoms with E-state index in [1.165, 1.54) is 5.56 Å². The fraction of sp³-hybridized carbons (Fsp3) is 0.0769. The normalized spacial score (nSPS) is 10.6. The van der Waals surface area contributed by atoms with Crippen molar-refractivity contribution in [2.45, 2.75) is 6.42 Å². The van der Waals surface area contributed by atoms with Gasteiger partial charge in [0.2, 0.25) is 0 Å². The summed E-state index contributed by atoms with van der Waals surface area (Å²) in [6.07, 6.45) is 4.35. The van der Waals surface area contributed by atoms with Crippen molar-refractivity contribution in [3.63, 3.8) is 0 Å². The minimum atomic E-state index is 0.817. The maximum absolute atomic E-state index is 4.63. The number of aromatic nitrogens is 3. The lowest BCUT2D eigenvalue weighted by molar-refractivity contribution is 1.08. The van der Waals surface area contributed by atoms with Crippen molar-refractivity contribution >= 4 is 11.3 Å². The topological polar surface area (TPSA) is 41.6 Å². The molecule has 0 aliphatic heterocycles. The third-order valence-electron chi connectivity index (χ3n) is 2.52. The van der Waals surface area contributed by atoms with Gasteiger partial charge in [0.05, 0.1) is 17.0 Å². The zero-order chi connectivity index (χ0) is 11.5. The molecule has 0 aliphatic rings. The first kappa shape index (κ1) is 10.2. The van der Waals surface area contributed by atoms with Crippen LogP contribution in [0.3, 0.4) is 0 Å². The fourth-order valence-electron chi connectivity index (χ4n) is 1.68. The second-order valence-corrected chi connectivity index (χ2v) is 4.69. The van der Waals surface area contributed by atoms with Gasteiger partial charge in [0.15, 0.2) is 0 Å². The Hall–Kier alpha value is -1.94. The van der Waals surface area contributed by atoms with Gasteiger partial charge in [-0.15, -0.1) is 11.3 Å². The van der Waals surface area contributed by atoms with Gasteiger partial charge in [0.25, 0.3) is 0 Å². The molecule has 0 bridgehead atoms. The Labute approximate surface area is 103 Å². The SMILES string of the molecule is c1ccc(-c2csc(Cc3cnc[nH]3)n2)cc1. The number of thiazole rings is 1. The van der Waals surface area contributed by atoms with Gasteiger partial charge < -0.3 is 4.98 Å². The van der Waals surface area contributed by atoms with E-state index in [4.69, 9.17) is 0 Å². The van der Waals surface area contributed by atoms with E-state index in [1.54, 1.807) is 17.7 Å². The highest BCUT2D eigenvalue weighted by atomic mass is 32.1. The molecule has 84 valence electrons. The Bertz CT molecular complexity index is 584. The lowest BCUT2D eigenvalue weighted by Gasteiger charge is -1.94. The van der Waals surface area contributed by atoms with Gasteiger partial charge in [-0.25, -0.2) is 9.97 Å². The Kier molecular flexibility index (Phi) is 2.71. The van der Waals surface area contributed by atoms with Gasteiger partial charge in [-0.1, -0.05) is 30.3 Å². The van der Waals surface area contributed by atoms with Crippen LogP contribution in [0.2, 0.25) is 0 Å². The largest absolute Gasteiger partial charge is 0.348 e. The first-order valence-corrected chi connectivity index (χ1v) is 6.27. The van der Waals surface area contributed by atoms with E-state index in [-0.39, 0.29) is 0 Å². The van der Waals surface area contributed by atoms with Crippen LogP contribution in [0, 0.1) is 0 Å². The van der Waals surface area contributed by atoms with Gasteiger partial charge in [-0.05, 0) is 0 Å². The monoisotopic (exact) mass is 241 g/mol. The minimum absolute atomic E-state index is 0.817. The van der Waals surface area contributed by atoms with Crippen LogP contribution >= 0.6 is 11.3 Å². The van der Waals surface area contributed by atoms with E-state index in [2.05, 4.69) is 32.5 Å². The van der Waals surface area contributed by atoms with Crippen molar-refractivity contribution in [3.8, 4) is 11.3 Å². The van der Waals surface area contributed by atoms with E-state index in [1.807, 2.05) is 24.4 Å². The molecule has 4 heteroatoms. The van der Waals surface area contributed by atoms with Crippen LogP contribution in [-0.4, -0.2) is 15.0 Å². The highest BCUT2D eigenvalue weighted by Gasteiger charge is 2.05. The molecule has 0 saturated heterocycles. The van der Waals surface area contributed by atoms with Crippen molar-refractivity contribution in [1.82, 2.24) is 15.0 Å². The molecule has 0 radical (unpaired) electrons.